The monoisotopic (exact) mass is 478 g/mol. The van der Waals surface area contributed by atoms with E-state index in [4.69, 9.17) is 0 Å². The molecule has 3 aromatic rings. The van der Waals surface area contributed by atoms with Crippen LogP contribution in [0.1, 0.15) is 53.6 Å². The fourth-order valence-electron chi connectivity index (χ4n) is 4.81. The summed E-state index contributed by atoms with van der Waals surface area (Å²) in [6.45, 7) is 1.66. The molecule has 2 heterocycles. The Morgan fingerprint density at radius 3 is 2.57 bits per heavy atom. The molecular formula is C27H28F2N4O2. The first-order chi connectivity index (χ1) is 16.9. The number of carbonyl (C=O) groups is 2. The standard InChI is InChI=1S/C27H28F2N4O2/c1-17-13-32(16-30-17)15-25(34)33-14-21(28)12-24(33)27(35)31-26(19-5-3-2-4-6-19)20-9-10-22(18-7-8-18)23(29)11-20/h2-6,9-11,13,16,18,21,24,26H,7-8,12,14-15H2,1H3,(H,31,35). The van der Waals surface area contributed by atoms with Gasteiger partial charge in [-0.05, 0) is 48.4 Å². The van der Waals surface area contributed by atoms with Crippen LogP contribution in [0, 0.1) is 12.7 Å². The molecule has 1 aliphatic carbocycles. The van der Waals surface area contributed by atoms with Gasteiger partial charge in [-0.3, -0.25) is 9.59 Å². The highest BCUT2D eigenvalue weighted by Crippen LogP contribution is 2.42. The highest BCUT2D eigenvalue weighted by Gasteiger charge is 2.40. The van der Waals surface area contributed by atoms with Crippen LogP contribution in [0.4, 0.5) is 8.78 Å². The first-order valence-corrected chi connectivity index (χ1v) is 12.0. The smallest absolute Gasteiger partial charge is 0.243 e. The van der Waals surface area contributed by atoms with Crippen molar-refractivity contribution in [3.63, 3.8) is 0 Å². The van der Waals surface area contributed by atoms with Crippen molar-refractivity contribution in [1.82, 2.24) is 19.8 Å². The lowest BCUT2D eigenvalue weighted by molar-refractivity contribution is -0.139. The van der Waals surface area contributed by atoms with Gasteiger partial charge in [0.1, 0.15) is 24.6 Å². The first kappa shape index (κ1) is 23.2. The second-order valence-corrected chi connectivity index (χ2v) is 9.49. The number of imidazole rings is 1. The van der Waals surface area contributed by atoms with Crippen molar-refractivity contribution in [1.29, 1.82) is 0 Å². The van der Waals surface area contributed by atoms with Gasteiger partial charge in [0.2, 0.25) is 11.8 Å². The molecule has 0 bridgehead atoms. The van der Waals surface area contributed by atoms with E-state index in [1.54, 1.807) is 16.8 Å². The average Bonchev–Trinajstić information content (AvgIpc) is 3.49. The summed E-state index contributed by atoms with van der Waals surface area (Å²) in [6.07, 6.45) is 3.88. The van der Waals surface area contributed by atoms with Crippen LogP contribution in [0.25, 0.3) is 0 Å². The Bertz CT molecular complexity index is 1220. The van der Waals surface area contributed by atoms with Gasteiger partial charge in [-0.25, -0.2) is 13.8 Å². The van der Waals surface area contributed by atoms with Crippen molar-refractivity contribution in [3.05, 3.63) is 89.3 Å². The Morgan fingerprint density at radius 1 is 1.14 bits per heavy atom. The second-order valence-electron chi connectivity index (χ2n) is 9.49. The molecule has 1 saturated heterocycles. The number of nitrogens with zero attached hydrogens (tertiary/aromatic N) is 3. The Labute approximate surface area is 203 Å². The molecule has 3 atom stereocenters. The van der Waals surface area contributed by atoms with Gasteiger partial charge in [0.25, 0.3) is 0 Å². The van der Waals surface area contributed by atoms with Crippen LogP contribution >= 0.6 is 0 Å². The zero-order valence-corrected chi connectivity index (χ0v) is 19.5. The summed E-state index contributed by atoms with van der Waals surface area (Å²) in [5.41, 5.74) is 2.85. The minimum Gasteiger partial charge on any atom is -0.343 e. The third kappa shape index (κ3) is 5.11. The van der Waals surface area contributed by atoms with Gasteiger partial charge >= 0.3 is 0 Å². The number of hydrogen-bond donors (Lipinski definition) is 1. The predicted octanol–water partition coefficient (Wildman–Crippen LogP) is 4.05. The normalized spacial score (nSPS) is 20.6. The third-order valence-electron chi connectivity index (χ3n) is 6.75. The van der Waals surface area contributed by atoms with Gasteiger partial charge in [-0.15, -0.1) is 0 Å². The Morgan fingerprint density at radius 2 is 1.91 bits per heavy atom. The lowest BCUT2D eigenvalue weighted by atomic mass is 9.96. The maximum Gasteiger partial charge on any atom is 0.243 e. The molecule has 2 fully saturated rings. The third-order valence-corrected chi connectivity index (χ3v) is 6.75. The van der Waals surface area contributed by atoms with E-state index >= 15 is 0 Å². The summed E-state index contributed by atoms with van der Waals surface area (Å²) in [5, 5.41) is 2.97. The number of carbonyl (C=O) groups excluding carboxylic acids is 2. The van der Waals surface area contributed by atoms with Crippen molar-refractivity contribution < 1.29 is 18.4 Å². The first-order valence-electron chi connectivity index (χ1n) is 12.0. The molecule has 1 aromatic heterocycles. The highest BCUT2D eigenvalue weighted by molar-refractivity contribution is 5.89. The molecule has 6 nitrogen and oxygen atoms in total. The molecule has 3 unspecified atom stereocenters. The SMILES string of the molecule is Cc1cn(CC(=O)N2CC(F)CC2C(=O)NC(c2ccccc2)c2ccc(C3CC3)c(F)c2)cn1. The number of benzene rings is 2. The van der Waals surface area contributed by atoms with Gasteiger partial charge in [-0.1, -0.05) is 42.5 Å². The van der Waals surface area contributed by atoms with Crippen molar-refractivity contribution in [2.45, 2.75) is 56.9 Å². The van der Waals surface area contributed by atoms with Gasteiger partial charge in [0, 0.05) is 12.6 Å². The molecule has 8 heteroatoms. The van der Waals surface area contributed by atoms with E-state index < -0.39 is 24.2 Å². The zero-order chi connectivity index (χ0) is 24.5. The van der Waals surface area contributed by atoms with Gasteiger partial charge < -0.3 is 14.8 Å². The summed E-state index contributed by atoms with van der Waals surface area (Å²) in [6, 6.07) is 12.8. The Hall–Kier alpha value is -3.55. The number of aryl methyl sites for hydroxylation is 1. The molecular weight excluding hydrogens is 450 g/mol. The average molecular weight is 479 g/mol. The van der Waals surface area contributed by atoms with Crippen LogP contribution in [0.15, 0.2) is 61.1 Å². The zero-order valence-electron chi connectivity index (χ0n) is 19.5. The fourth-order valence-corrected chi connectivity index (χ4v) is 4.81. The van der Waals surface area contributed by atoms with Crippen LogP contribution in [0.5, 0.6) is 0 Å². The number of rotatable bonds is 7. The summed E-state index contributed by atoms with van der Waals surface area (Å²) >= 11 is 0. The van der Waals surface area contributed by atoms with Crippen molar-refractivity contribution >= 4 is 11.8 Å². The van der Waals surface area contributed by atoms with Crippen molar-refractivity contribution in [2.24, 2.45) is 0 Å². The molecule has 0 spiro atoms. The van der Waals surface area contributed by atoms with Gasteiger partial charge in [0.15, 0.2) is 0 Å². The van der Waals surface area contributed by atoms with Gasteiger partial charge in [-0.2, -0.15) is 0 Å². The number of nitrogens with one attached hydrogen (secondary N) is 1. The van der Waals surface area contributed by atoms with Crippen LogP contribution in [-0.4, -0.2) is 45.0 Å². The number of aromatic nitrogens is 2. The molecule has 2 amide bonds. The Kier molecular flexibility index (Phi) is 6.36. The number of alkyl halides is 1. The molecule has 2 aliphatic rings. The highest BCUT2D eigenvalue weighted by atomic mass is 19.1. The van der Waals surface area contributed by atoms with E-state index in [-0.39, 0.29) is 37.2 Å². The molecule has 35 heavy (non-hydrogen) atoms. The maximum absolute atomic E-state index is 14.9. The molecule has 1 aliphatic heterocycles. The Balaban J connectivity index is 1.38. The predicted molar refractivity (Wildman–Crippen MR) is 127 cm³/mol. The van der Waals surface area contributed by atoms with E-state index in [1.165, 1.54) is 17.3 Å². The van der Waals surface area contributed by atoms with Crippen molar-refractivity contribution in [2.75, 3.05) is 6.54 Å². The molecule has 5 rings (SSSR count). The topological polar surface area (TPSA) is 67.2 Å². The quantitative estimate of drug-likeness (QED) is 0.557. The van der Waals surface area contributed by atoms with E-state index in [0.717, 1.165) is 24.1 Å². The van der Waals surface area contributed by atoms with E-state index in [9.17, 15) is 18.4 Å². The number of hydrogen-bond acceptors (Lipinski definition) is 3. The van der Waals surface area contributed by atoms with Crippen molar-refractivity contribution in [3.8, 4) is 0 Å². The van der Waals surface area contributed by atoms with Gasteiger partial charge in [0.05, 0.1) is 24.6 Å². The number of likely N-dealkylation sites (tertiary alicyclic amines) is 1. The minimum atomic E-state index is -1.29. The summed E-state index contributed by atoms with van der Waals surface area (Å²) < 4.78 is 30.9. The molecule has 0 radical (unpaired) electrons. The second kappa shape index (κ2) is 9.60. The molecule has 1 N–H and O–H groups in total. The summed E-state index contributed by atoms with van der Waals surface area (Å²) in [7, 11) is 0. The summed E-state index contributed by atoms with van der Waals surface area (Å²) in [5.74, 6) is -0.815. The van der Waals surface area contributed by atoms with E-state index in [2.05, 4.69) is 10.3 Å². The van der Waals surface area contributed by atoms with E-state index in [1.807, 2.05) is 43.3 Å². The fraction of sp³-hybridized carbons (Fsp3) is 0.370. The number of halogens is 2. The lowest BCUT2D eigenvalue weighted by Crippen LogP contribution is -2.47. The largest absolute Gasteiger partial charge is 0.343 e. The number of amides is 2. The summed E-state index contributed by atoms with van der Waals surface area (Å²) in [4.78, 5) is 31.8. The van der Waals surface area contributed by atoms with Crippen LogP contribution < -0.4 is 5.32 Å². The molecule has 1 saturated carbocycles. The molecule has 2 aromatic carbocycles. The molecule has 182 valence electrons. The van der Waals surface area contributed by atoms with E-state index in [0.29, 0.717) is 11.1 Å². The maximum atomic E-state index is 14.9. The van der Waals surface area contributed by atoms with Crippen LogP contribution in [0.3, 0.4) is 0 Å². The lowest BCUT2D eigenvalue weighted by Gasteiger charge is -2.27. The minimum absolute atomic E-state index is 0.0205. The van der Waals surface area contributed by atoms with Crippen LogP contribution in [0.2, 0.25) is 0 Å². The van der Waals surface area contributed by atoms with Crippen LogP contribution in [-0.2, 0) is 16.1 Å².